The van der Waals surface area contributed by atoms with Gasteiger partial charge in [-0.05, 0) is 43.0 Å². The van der Waals surface area contributed by atoms with Gasteiger partial charge in [-0.1, -0.05) is 36.4 Å². The molecule has 0 spiro atoms. The van der Waals surface area contributed by atoms with Crippen molar-refractivity contribution < 1.29 is 4.74 Å². The van der Waals surface area contributed by atoms with Gasteiger partial charge in [0.25, 0.3) is 0 Å². The number of anilines is 3. The normalized spacial score (nSPS) is 13.8. The lowest BCUT2D eigenvalue weighted by atomic mass is 9.93. The Balaban J connectivity index is 1.33. The lowest BCUT2D eigenvalue weighted by molar-refractivity contribution is 0.306. The Hall–Kier alpha value is -3.54. The molecule has 5 rings (SSSR count). The van der Waals surface area contributed by atoms with Crippen LogP contribution in [0.3, 0.4) is 0 Å². The number of benzene rings is 2. The van der Waals surface area contributed by atoms with Crippen LogP contribution < -0.4 is 15.4 Å². The number of nitrogens with one attached hydrogen (secondary N) is 3. The van der Waals surface area contributed by atoms with Crippen LogP contribution in [0.15, 0.2) is 66.9 Å². The Morgan fingerprint density at radius 2 is 1.90 bits per heavy atom. The molecule has 4 aromatic rings. The molecule has 2 aromatic heterocycles. The van der Waals surface area contributed by atoms with Gasteiger partial charge in [0.05, 0.1) is 5.39 Å². The monoisotopic (exact) mass is 385 g/mol. The van der Waals surface area contributed by atoms with E-state index in [0.29, 0.717) is 18.6 Å². The number of aromatic amines is 1. The molecule has 0 unspecified atom stereocenters. The standard InChI is InChI=1S/C23H23N5O/c1-2-6-16(7-3-1)15-29-19-11-5-10-18(14-19)26-23-27-21-20(12-13-24-21)22(28-23)25-17-8-4-9-17/h1-3,5-7,10-14,17H,4,8-9,15H2,(H3,24,25,26,27,28). The van der Waals surface area contributed by atoms with Crippen molar-refractivity contribution in [3.63, 3.8) is 0 Å². The number of fused-ring (bicyclic) bond motifs is 1. The lowest BCUT2D eigenvalue weighted by Gasteiger charge is -2.27. The molecule has 29 heavy (non-hydrogen) atoms. The van der Waals surface area contributed by atoms with Crippen LogP contribution in [0.5, 0.6) is 5.75 Å². The van der Waals surface area contributed by atoms with E-state index in [-0.39, 0.29) is 0 Å². The van der Waals surface area contributed by atoms with Crippen molar-refractivity contribution in [2.24, 2.45) is 0 Å². The minimum absolute atomic E-state index is 0.505. The highest BCUT2D eigenvalue weighted by molar-refractivity contribution is 5.88. The fourth-order valence-corrected chi connectivity index (χ4v) is 3.39. The number of H-pyrrole nitrogens is 1. The van der Waals surface area contributed by atoms with Gasteiger partial charge in [-0.25, -0.2) is 0 Å². The van der Waals surface area contributed by atoms with Crippen molar-refractivity contribution in [2.75, 3.05) is 10.6 Å². The van der Waals surface area contributed by atoms with Crippen LogP contribution in [0.2, 0.25) is 0 Å². The van der Waals surface area contributed by atoms with E-state index in [2.05, 4.69) is 32.7 Å². The summed E-state index contributed by atoms with van der Waals surface area (Å²) in [5.74, 6) is 2.23. The van der Waals surface area contributed by atoms with Gasteiger partial charge >= 0.3 is 0 Å². The first-order valence-corrected chi connectivity index (χ1v) is 9.99. The second-order valence-corrected chi connectivity index (χ2v) is 7.34. The van der Waals surface area contributed by atoms with Gasteiger partial charge in [-0.15, -0.1) is 0 Å². The summed E-state index contributed by atoms with van der Waals surface area (Å²) < 4.78 is 5.93. The molecular weight excluding hydrogens is 362 g/mol. The summed E-state index contributed by atoms with van der Waals surface area (Å²) in [4.78, 5) is 12.5. The van der Waals surface area contributed by atoms with E-state index in [0.717, 1.165) is 33.9 Å². The van der Waals surface area contributed by atoms with Crippen LogP contribution in [0.1, 0.15) is 24.8 Å². The van der Waals surface area contributed by atoms with E-state index in [1.807, 2.05) is 54.7 Å². The summed E-state index contributed by atoms with van der Waals surface area (Å²) in [5.41, 5.74) is 2.84. The average Bonchev–Trinajstić information content (AvgIpc) is 3.19. The molecule has 1 saturated carbocycles. The molecule has 0 aliphatic heterocycles. The van der Waals surface area contributed by atoms with Gasteiger partial charge in [-0.2, -0.15) is 9.97 Å². The molecule has 0 radical (unpaired) electrons. The number of aromatic nitrogens is 3. The first-order valence-electron chi connectivity index (χ1n) is 9.99. The summed E-state index contributed by atoms with van der Waals surface area (Å²) in [6.45, 7) is 0.532. The molecule has 0 bridgehead atoms. The predicted molar refractivity (Wildman–Crippen MR) is 116 cm³/mol. The molecule has 6 heteroatoms. The van der Waals surface area contributed by atoms with Gasteiger partial charge in [0.15, 0.2) is 0 Å². The van der Waals surface area contributed by atoms with E-state index >= 15 is 0 Å². The van der Waals surface area contributed by atoms with Crippen LogP contribution in [0, 0.1) is 0 Å². The van der Waals surface area contributed by atoms with Gasteiger partial charge in [0, 0.05) is 24.0 Å². The fourth-order valence-electron chi connectivity index (χ4n) is 3.39. The lowest BCUT2D eigenvalue weighted by Crippen LogP contribution is -2.27. The van der Waals surface area contributed by atoms with E-state index < -0.39 is 0 Å². The molecule has 1 fully saturated rings. The van der Waals surface area contributed by atoms with Crippen LogP contribution in [-0.4, -0.2) is 21.0 Å². The van der Waals surface area contributed by atoms with Gasteiger partial charge in [0.2, 0.25) is 5.95 Å². The molecule has 146 valence electrons. The van der Waals surface area contributed by atoms with Gasteiger partial charge in [-0.3, -0.25) is 0 Å². The number of ether oxygens (including phenoxy) is 1. The summed E-state index contributed by atoms with van der Waals surface area (Å²) >= 11 is 0. The largest absolute Gasteiger partial charge is 0.489 e. The second-order valence-electron chi connectivity index (χ2n) is 7.34. The molecule has 1 aliphatic carbocycles. The maximum absolute atomic E-state index is 5.93. The Kier molecular flexibility index (Phi) is 4.74. The van der Waals surface area contributed by atoms with E-state index in [1.54, 1.807) is 0 Å². The van der Waals surface area contributed by atoms with Crippen molar-refractivity contribution in [2.45, 2.75) is 31.9 Å². The Labute approximate surface area is 169 Å². The molecule has 1 aliphatic rings. The number of hydrogen-bond donors (Lipinski definition) is 3. The molecule has 0 atom stereocenters. The predicted octanol–water partition coefficient (Wildman–Crippen LogP) is 5.24. The Bertz CT molecular complexity index is 1100. The van der Waals surface area contributed by atoms with Crippen LogP contribution in [0.25, 0.3) is 11.0 Å². The zero-order valence-corrected chi connectivity index (χ0v) is 16.1. The maximum atomic E-state index is 5.93. The van der Waals surface area contributed by atoms with Crippen LogP contribution in [-0.2, 0) is 6.61 Å². The first-order chi connectivity index (χ1) is 14.3. The van der Waals surface area contributed by atoms with Crippen LogP contribution in [0.4, 0.5) is 17.5 Å². The highest BCUT2D eigenvalue weighted by atomic mass is 16.5. The van der Waals surface area contributed by atoms with Gasteiger partial charge in [0.1, 0.15) is 23.8 Å². The highest BCUT2D eigenvalue weighted by Gasteiger charge is 2.19. The molecule has 2 aromatic carbocycles. The Morgan fingerprint density at radius 3 is 2.72 bits per heavy atom. The maximum Gasteiger partial charge on any atom is 0.231 e. The van der Waals surface area contributed by atoms with Gasteiger partial charge < -0.3 is 20.4 Å². The summed E-state index contributed by atoms with van der Waals surface area (Å²) in [6.07, 6.45) is 5.56. The SMILES string of the molecule is c1ccc(COc2cccc(Nc3nc(NC4CCC4)c4cc[nH]c4n3)c2)cc1. The molecule has 3 N–H and O–H groups in total. The smallest absolute Gasteiger partial charge is 0.231 e. The Morgan fingerprint density at radius 1 is 1.00 bits per heavy atom. The zero-order valence-electron chi connectivity index (χ0n) is 16.1. The van der Waals surface area contributed by atoms with Crippen molar-refractivity contribution >= 4 is 28.5 Å². The quantitative estimate of drug-likeness (QED) is 0.405. The molecule has 0 saturated heterocycles. The third-order valence-electron chi connectivity index (χ3n) is 5.20. The molecule has 2 heterocycles. The van der Waals surface area contributed by atoms with Crippen molar-refractivity contribution in [1.29, 1.82) is 0 Å². The number of rotatable bonds is 7. The third-order valence-corrected chi connectivity index (χ3v) is 5.20. The van der Waals surface area contributed by atoms with Crippen LogP contribution >= 0.6 is 0 Å². The van der Waals surface area contributed by atoms with Crippen molar-refractivity contribution in [3.05, 3.63) is 72.4 Å². The topological polar surface area (TPSA) is 74.9 Å². The fraction of sp³-hybridized carbons (Fsp3) is 0.217. The van der Waals surface area contributed by atoms with E-state index in [1.165, 1.54) is 19.3 Å². The van der Waals surface area contributed by atoms with Crippen molar-refractivity contribution in [1.82, 2.24) is 15.0 Å². The third kappa shape index (κ3) is 4.01. The minimum Gasteiger partial charge on any atom is -0.489 e. The summed E-state index contributed by atoms with van der Waals surface area (Å²) in [7, 11) is 0. The highest BCUT2D eigenvalue weighted by Crippen LogP contribution is 2.28. The summed E-state index contributed by atoms with van der Waals surface area (Å²) in [5, 5.41) is 7.88. The van der Waals surface area contributed by atoms with E-state index in [4.69, 9.17) is 9.72 Å². The number of hydrogen-bond acceptors (Lipinski definition) is 5. The molecule has 0 amide bonds. The zero-order chi connectivity index (χ0) is 19.5. The summed E-state index contributed by atoms with van der Waals surface area (Å²) in [6, 6.07) is 20.5. The number of nitrogens with zero attached hydrogens (tertiary/aromatic N) is 2. The second kappa shape index (κ2) is 7.83. The van der Waals surface area contributed by atoms with Crippen molar-refractivity contribution in [3.8, 4) is 5.75 Å². The minimum atomic E-state index is 0.505. The molecular formula is C23H23N5O. The first kappa shape index (κ1) is 17.6. The van der Waals surface area contributed by atoms with E-state index in [9.17, 15) is 0 Å². The average molecular weight is 385 g/mol. The molecule has 6 nitrogen and oxygen atoms in total.